The van der Waals surface area contributed by atoms with Gasteiger partial charge in [-0.05, 0) is 18.1 Å². The summed E-state index contributed by atoms with van der Waals surface area (Å²) < 4.78 is 5.46. The third-order valence-corrected chi connectivity index (χ3v) is 2.98. The summed E-state index contributed by atoms with van der Waals surface area (Å²) in [7, 11) is 1.71. The predicted octanol–water partition coefficient (Wildman–Crippen LogP) is 4.41. The number of para-hydroxylation sites is 1. The van der Waals surface area contributed by atoms with E-state index >= 15 is 0 Å². The molecule has 3 heteroatoms. The molecule has 0 bridgehead atoms. The monoisotopic (exact) mass is 249 g/mol. The molecule has 0 aliphatic heterocycles. The van der Waals surface area contributed by atoms with Crippen molar-refractivity contribution in [2.24, 2.45) is 0 Å². The van der Waals surface area contributed by atoms with Crippen LogP contribution in [0.4, 0.5) is 0 Å². The first-order chi connectivity index (χ1) is 8.36. The van der Waals surface area contributed by atoms with E-state index in [1.807, 2.05) is 30.8 Å². The number of hydrogen-bond acceptors (Lipinski definition) is 3. The van der Waals surface area contributed by atoms with Crippen molar-refractivity contribution < 1.29 is 4.74 Å². The molecule has 0 spiro atoms. The zero-order valence-corrected chi connectivity index (χ0v) is 11.7. The number of aromatic nitrogens is 1. The van der Waals surface area contributed by atoms with Gasteiger partial charge in [0.1, 0.15) is 5.75 Å². The Morgan fingerprint density at radius 2 is 2.06 bits per heavy atom. The van der Waals surface area contributed by atoms with E-state index in [1.165, 1.54) is 5.56 Å². The summed E-state index contributed by atoms with van der Waals surface area (Å²) >= 11 is 1.60. The van der Waals surface area contributed by atoms with E-state index in [2.05, 4.69) is 24.0 Å². The molecule has 0 aliphatic rings. The lowest BCUT2D eigenvalue weighted by molar-refractivity contribution is 0.411. The third-order valence-electron chi connectivity index (χ3n) is 2.39. The van der Waals surface area contributed by atoms with Gasteiger partial charge in [-0.2, -0.15) is 0 Å². The molecule has 92 valence electrons. The van der Waals surface area contributed by atoms with Crippen LogP contribution in [-0.2, 0) is 6.42 Å². The Morgan fingerprint density at radius 3 is 2.59 bits per heavy atom. The molecule has 2 rings (SSSR count). The maximum Gasteiger partial charge on any atom is 0.131 e. The van der Waals surface area contributed by atoms with Crippen LogP contribution < -0.4 is 4.74 Å². The highest BCUT2D eigenvalue weighted by Gasteiger charge is 2.10. The molecule has 1 aromatic carbocycles. The van der Waals surface area contributed by atoms with Crippen molar-refractivity contribution in [3.8, 4) is 17.0 Å². The fraction of sp³-hybridized carbons (Fsp3) is 0.357. The summed E-state index contributed by atoms with van der Waals surface area (Å²) in [6, 6.07) is 6.19. The third kappa shape index (κ3) is 3.07. The van der Waals surface area contributed by atoms with Gasteiger partial charge >= 0.3 is 0 Å². The molecule has 0 unspecified atom stereocenters. The summed E-state index contributed by atoms with van der Waals surface area (Å²) in [5.74, 6) is 0.950. The van der Waals surface area contributed by atoms with Crippen LogP contribution in [-0.4, -0.2) is 12.1 Å². The van der Waals surface area contributed by atoms with Gasteiger partial charge in [0.05, 0.1) is 18.3 Å². The smallest absolute Gasteiger partial charge is 0.131 e. The first-order valence-corrected chi connectivity index (χ1v) is 6.85. The summed E-state index contributed by atoms with van der Waals surface area (Å²) in [6.07, 6.45) is 0.973. The second-order valence-electron chi connectivity index (χ2n) is 3.23. The lowest BCUT2D eigenvalue weighted by Crippen LogP contribution is -1.93. The molecular weight excluding hydrogens is 230 g/mol. The van der Waals surface area contributed by atoms with Crippen molar-refractivity contribution in [1.29, 1.82) is 0 Å². The quantitative estimate of drug-likeness (QED) is 0.804. The van der Waals surface area contributed by atoms with E-state index in [0.29, 0.717) is 0 Å². The maximum atomic E-state index is 5.46. The zero-order chi connectivity index (χ0) is 12.7. The minimum absolute atomic E-state index is 0.950. The van der Waals surface area contributed by atoms with Crippen molar-refractivity contribution >= 4 is 11.3 Å². The number of thiazole rings is 1. The Labute approximate surface area is 107 Å². The van der Waals surface area contributed by atoms with Crippen LogP contribution in [0, 0.1) is 0 Å². The van der Waals surface area contributed by atoms with Crippen LogP contribution in [0.15, 0.2) is 29.1 Å². The highest BCUT2D eigenvalue weighted by atomic mass is 32.1. The molecule has 0 aliphatic carbocycles. The van der Waals surface area contributed by atoms with Gasteiger partial charge in [-0.3, -0.25) is 0 Å². The molecule has 0 atom stereocenters. The number of ether oxygens (including phenoxy) is 1. The fourth-order valence-electron chi connectivity index (χ4n) is 1.65. The number of aryl methyl sites for hydroxylation is 1. The summed E-state index contributed by atoms with van der Waals surface area (Å²) in [6.45, 7) is 6.13. The maximum absolute atomic E-state index is 5.46. The van der Waals surface area contributed by atoms with Gasteiger partial charge in [0.2, 0.25) is 0 Å². The number of nitrogens with zero attached hydrogens (tertiary/aromatic N) is 1. The van der Waals surface area contributed by atoms with Gasteiger partial charge in [-0.15, -0.1) is 11.3 Å². The van der Waals surface area contributed by atoms with Crippen LogP contribution in [0.1, 0.15) is 26.3 Å². The molecule has 0 saturated heterocycles. The highest BCUT2D eigenvalue weighted by molar-refractivity contribution is 7.07. The standard InChI is InChI=1S/C12H13NOS.C2H6/c1-3-9-5-4-6-10(12(9)14-2)11-7-15-8-13-11;1-2/h4-8H,3H2,1-2H3;1-2H3. The van der Waals surface area contributed by atoms with Crippen LogP contribution in [0.5, 0.6) is 5.75 Å². The minimum Gasteiger partial charge on any atom is -0.496 e. The second kappa shape index (κ2) is 7.07. The Balaban J connectivity index is 0.000000686. The topological polar surface area (TPSA) is 22.1 Å². The normalized spacial score (nSPS) is 9.41. The lowest BCUT2D eigenvalue weighted by Gasteiger charge is -2.10. The van der Waals surface area contributed by atoms with Crippen molar-refractivity contribution in [2.75, 3.05) is 7.11 Å². The second-order valence-corrected chi connectivity index (χ2v) is 3.94. The first kappa shape index (κ1) is 13.7. The lowest BCUT2D eigenvalue weighted by atomic mass is 10.1. The molecule has 2 aromatic rings. The van der Waals surface area contributed by atoms with Crippen LogP contribution in [0.2, 0.25) is 0 Å². The van der Waals surface area contributed by atoms with Crippen molar-refractivity contribution in [2.45, 2.75) is 27.2 Å². The van der Waals surface area contributed by atoms with Gasteiger partial charge in [0.25, 0.3) is 0 Å². The van der Waals surface area contributed by atoms with Crippen molar-refractivity contribution in [3.63, 3.8) is 0 Å². The number of methoxy groups -OCH3 is 1. The average Bonchev–Trinajstić information content (AvgIpc) is 2.93. The van der Waals surface area contributed by atoms with Gasteiger partial charge in [0, 0.05) is 10.9 Å². The zero-order valence-electron chi connectivity index (χ0n) is 10.9. The average molecular weight is 249 g/mol. The minimum atomic E-state index is 0.950. The summed E-state index contributed by atoms with van der Waals surface area (Å²) in [5.41, 5.74) is 5.14. The van der Waals surface area contributed by atoms with Gasteiger partial charge in [0.15, 0.2) is 0 Å². The van der Waals surface area contributed by atoms with E-state index in [0.717, 1.165) is 23.4 Å². The number of hydrogen-bond donors (Lipinski definition) is 0. The summed E-state index contributed by atoms with van der Waals surface area (Å²) in [4.78, 5) is 4.31. The Bertz CT molecular complexity index is 437. The first-order valence-electron chi connectivity index (χ1n) is 5.91. The molecule has 0 N–H and O–H groups in total. The molecule has 1 aromatic heterocycles. The van der Waals surface area contributed by atoms with Gasteiger partial charge < -0.3 is 4.74 Å². The van der Waals surface area contributed by atoms with Gasteiger partial charge in [-0.1, -0.05) is 32.9 Å². The Hall–Kier alpha value is -1.35. The van der Waals surface area contributed by atoms with Gasteiger partial charge in [-0.25, -0.2) is 4.98 Å². The van der Waals surface area contributed by atoms with E-state index in [4.69, 9.17) is 4.74 Å². The molecule has 0 saturated carbocycles. The van der Waals surface area contributed by atoms with E-state index < -0.39 is 0 Å². The van der Waals surface area contributed by atoms with Crippen molar-refractivity contribution in [1.82, 2.24) is 4.98 Å². The molecule has 2 nitrogen and oxygen atoms in total. The summed E-state index contributed by atoms with van der Waals surface area (Å²) in [5, 5.41) is 2.04. The predicted molar refractivity (Wildman–Crippen MR) is 74.8 cm³/mol. The Kier molecular flexibility index (Phi) is 5.70. The largest absolute Gasteiger partial charge is 0.496 e. The number of benzene rings is 1. The SMILES string of the molecule is CC.CCc1cccc(-c2cscn2)c1OC. The fourth-order valence-corrected chi connectivity index (χ4v) is 2.20. The molecule has 0 fully saturated rings. The Morgan fingerprint density at radius 1 is 1.29 bits per heavy atom. The van der Waals surface area contributed by atoms with E-state index in [1.54, 1.807) is 18.4 Å². The number of rotatable bonds is 3. The van der Waals surface area contributed by atoms with E-state index in [-0.39, 0.29) is 0 Å². The van der Waals surface area contributed by atoms with Crippen LogP contribution in [0.25, 0.3) is 11.3 Å². The molecule has 17 heavy (non-hydrogen) atoms. The van der Waals surface area contributed by atoms with Crippen LogP contribution in [0.3, 0.4) is 0 Å². The molecule has 0 radical (unpaired) electrons. The molecule has 0 amide bonds. The highest BCUT2D eigenvalue weighted by Crippen LogP contribution is 2.32. The molecular formula is C14H19NOS. The van der Waals surface area contributed by atoms with Crippen molar-refractivity contribution in [3.05, 3.63) is 34.7 Å². The van der Waals surface area contributed by atoms with E-state index in [9.17, 15) is 0 Å². The van der Waals surface area contributed by atoms with Crippen LogP contribution >= 0.6 is 11.3 Å². The molecule has 1 heterocycles.